The zero-order valence-corrected chi connectivity index (χ0v) is 14.3. The topological polar surface area (TPSA) is 148 Å². The predicted molar refractivity (Wildman–Crippen MR) is 89.9 cm³/mol. The van der Waals surface area contributed by atoms with Crippen molar-refractivity contribution in [2.24, 2.45) is 17.4 Å². The van der Waals surface area contributed by atoms with Crippen molar-refractivity contribution in [3.8, 4) is 0 Å². The van der Waals surface area contributed by atoms with Gasteiger partial charge in [-0.25, -0.2) is 0 Å². The van der Waals surface area contributed by atoms with Gasteiger partial charge in [-0.2, -0.15) is 0 Å². The molecule has 0 aromatic carbocycles. The fourth-order valence-corrected chi connectivity index (χ4v) is 3.47. The third kappa shape index (κ3) is 4.91. The molecule has 9 nitrogen and oxygen atoms in total. The molecule has 0 aromatic rings. The number of primary amides is 1. The lowest BCUT2D eigenvalue weighted by Gasteiger charge is -2.39. The Bertz CT molecular complexity index is 533. The van der Waals surface area contributed by atoms with Gasteiger partial charge < -0.3 is 27.0 Å². The Morgan fingerprint density at radius 2 is 1.76 bits per heavy atom. The molecule has 1 saturated carbocycles. The van der Waals surface area contributed by atoms with Gasteiger partial charge in [0.2, 0.25) is 23.6 Å². The number of rotatable bonds is 7. The van der Waals surface area contributed by atoms with Gasteiger partial charge in [0, 0.05) is 6.54 Å². The second-order valence-electron chi connectivity index (χ2n) is 6.66. The fourth-order valence-electron chi connectivity index (χ4n) is 3.47. The van der Waals surface area contributed by atoms with Gasteiger partial charge in [-0.1, -0.05) is 19.3 Å². The first-order chi connectivity index (χ1) is 11.9. The molecule has 0 spiro atoms. The third-order valence-electron chi connectivity index (χ3n) is 4.98. The lowest BCUT2D eigenvalue weighted by molar-refractivity contribution is -0.146. The summed E-state index contributed by atoms with van der Waals surface area (Å²) < 4.78 is 0. The summed E-state index contributed by atoms with van der Waals surface area (Å²) in [7, 11) is 0. The molecular weight excluding hydrogens is 326 g/mol. The molecule has 1 aliphatic carbocycles. The quantitative estimate of drug-likeness (QED) is 0.427. The number of carbonyl (C=O) groups excluding carboxylic acids is 4. The van der Waals surface area contributed by atoms with Crippen LogP contribution in [0, 0.1) is 5.92 Å². The van der Waals surface area contributed by atoms with E-state index in [0.29, 0.717) is 13.0 Å². The molecule has 0 radical (unpaired) electrons. The lowest BCUT2D eigenvalue weighted by Crippen LogP contribution is -2.60. The van der Waals surface area contributed by atoms with E-state index < -0.39 is 29.8 Å². The van der Waals surface area contributed by atoms with Crippen LogP contribution in [0.25, 0.3) is 0 Å². The maximum atomic E-state index is 12.1. The van der Waals surface area contributed by atoms with Crippen molar-refractivity contribution >= 4 is 23.6 Å². The van der Waals surface area contributed by atoms with Crippen molar-refractivity contribution in [2.75, 3.05) is 19.6 Å². The van der Waals surface area contributed by atoms with E-state index in [1.807, 2.05) is 0 Å². The highest BCUT2D eigenvalue weighted by atomic mass is 16.2. The summed E-state index contributed by atoms with van der Waals surface area (Å²) in [6.45, 7) is 0.0914. The van der Waals surface area contributed by atoms with Gasteiger partial charge in [0.25, 0.3) is 0 Å². The molecule has 0 aromatic heterocycles. The van der Waals surface area contributed by atoms with Crippen molar-refractivity contribution in [3.05, 3.63) is 0 Å². The van der Waals surface area contributed by atoms with Gasteiger partial charge >= 0.3 is 0 Å². The Hall–Kier alpha value is -2.16. The first-order valence-electron chi connectivity index (χ1n) is 8.80. The summed E-state index contributed by atoms with van der Waals surface area (Å²) in [5.41, 5.74) is 10.7. The summed E-state index contributed by atoms with van der Waals surface area (Å²) in [5.74, 6) is -1.64. The maximum Gasteiger partial charge on any atom is 0.243 e. The molecule has 1 saturated heterocycles. The van der Waals surface area contributed by atoms with E-state index in [1.165, 1.54) is 4.90 Å². The second kappa shape index (κ2) is 8.80. The van der Waals surface area contributed by atoms with Gasteiger partial charge in [0.15, 0.2) is 0 Å². The zero-order valence-electron chi connectivity index (χ0n) is 14.3. The largest absolute Gasteiger partial charge is 0.368 e. The van der Waals surface area contributed by atoms with Crippen molar-refractivity contribution in [3.63, 3.8) is 0 Å². The van der Waals surface area contributed by atoms with Crippen LogP contribution in [0.3, 0.4) is 0 Å². The van der Waals surface area contributed by atoms with Gasteiger partial charge in [-0.15, -0.1) is 0 Å². The van der Waals surface area contributed by atoms with Gasteiger partial charge in [-0.05, 0) is 25.2 Å². The van der Waals surface area contributed by atoms with E-state index in [2.05, 4.69) is 10.6 Å². The maximum absolute atomic E-state index is 12.1. The predicted octanol–water partition coefficient (Wildman–Crippen LogP) is -1.79. The number of nitrogens with one attached hydrogen (secondary N) is 2. The Morgan fingerprint density at radius 1 is 1.08 bits per heavy atom. The molecule has 0 bridgehead atoms. The third-order valence-corrected chi connectivity index (χ3v) is 4.98. The van der Waals surface area contributed by atoms with Gasteiger partial charge in [-0.3, -0.25) is 19.2 Å². The summed E-state index contributed by atoms with van der Waals surface area (Å²) >= 11 is 0. The van der Waals surface area contributed by atoms with Crippen LogP contribution in [-0.4, -0.2) is 60.2 Å². The SMILES string of the molecule is NCC(=O)N1CCC1C(=O)NCC(=O)N[C@H](C(N)=O)C1CCCCC1. The van der Waals surface area contributed by atoms with Crippen molar-refractivity contribution in [2.45, 2.75) is 50.6 Å². The van der Waals surface area contributed by atoms with Gasteiger partial charge in [0.1, 0.15) is 12.1 Å². The van der Waals surface area contributed by atoms with Crippen LogP contribution in [0.5, 0.6) is 0 Å². The van der Waals surface area contributed by atoms with E-state index in [4.69, 9.17) is 11.5 Å². The minimum atomic E-state index is -0.705. The molecule has 25 heavy (non-hydrogen) atoms. The molecule has 2 atom stereocenters. The first-order valence-corrected chi connectivity index (χ1v) is 8.80. The Morgan fingerprint density at radius 3 is 2.28 bits per heavy atom. The van der Waals surface area contributed by atoms with E-state index >= 15 is 0 Å². The molecule has 6 N–H and O–H groups in total. The molecular formula is C16H27N5O4. The van der Waals surface area contributed by atoms with E-state index in [-0.39, 0.29) is 24.9 Å². The Labute approximate surface area is 146 Å². The number of hydrogen-bond donors (Lipinski definition) is 4. The highest BCUT2D eigenvalue weighted by molar-refractivity contribution is 5.93. The minimum absolute atomic E-state index is 0.0511. The number of carbonyl (C=O) groups is 4. The summed E-state index contributed by atoms with van der Waals surface area (Å²) in [5, 5.41) is 5.14. The molecule has 4 amide bonds. The van der Waals surface area contributed by atoms with E-state index in [9.17, 15) is 19.2 Å². The molecule has 9 heteroatoms. The van der Waals surface area contributed by atoms with Crippen molar-refractivity contribution in [1.82, 2.24) is 15.5 Å². The number of amides is 4. The number of nitrogens with zero attached hydrogens (tertiary/aromatic N) is 1. The molecule has 1 unspecified atom stereocenters. The highest BCUT2D eigenvalue weighted by Gasteiger charge is 2.37. The normalized spacial score (nSPS) is 21.8. The average molecular weight is 353 g/mol. The molecule has 1 heterocycles. The van der Waals surface area contributed by atoms with Crippen molar-refractivity contribution < 1.29 is 19.2 Å². The number of hydrogen-bond acceptors (Lipinski definition) is 5. The second-order valence-corrected chi connectivity index (χ2v) is 6.66. The molecule has 2 aliphatic rings. The first kappa shape index (κ1) is 19.2. The van der Waals surface area contributed by atoms with Crippen molar-refractivity contribution in [1.29, 1.82) is 0 Å². The van der Waals surface area contributed by atoms with Crippen LogP contribution < -0.4 is 22.1 Å². The van der Waals surface area contributed by atoms with E-state index in [0.717, 1.165) is 32.1 Å². The number of nitrogens with two attached hydrogens (primary N) is 2. The van der Waals surface area contributed by atoms with Crippen LogP contribution in [0.4, 0.5) is 0 Å². The van der Waals surface area contributed by atoms with Crippen LogP contribution in [0.15, 0.2) is 0 Å². The number of likely N-dealkylation sites (tertiary alicyclic amines) is 1. The van der Waals surface area contributed by atoms with Crippen LogP contribution >= 0.6 is 0 Å². The summed E-state index contributed by atoms with van der Waals surface area (Å²) in [6, 6.07) is -1.28. The monoisotopic (exact) mass is 353 g/mol. The zero-order chi connectivity index (χ0) is 18.4. The van der Waals surface area contributed by atoms with Crippen LogP contribution in [-0.2, 0) is 19.2 Å². The van der Waals surface area contributed by atoms with Crippen LogP contribution in [0.2, 0.25) is 0 Å². The lowest BCUT2D eigenvalue weighted by atomic mass is 9.83. The minimum Gasteiger partial charge on any atom is -0.368 e. The standard InChI is InChI=1S/C16H27N5O4/c17-8-13(23)21-7-6-11(21)16(25)19-9-12(22)20-14(15(18)24)10-4-2-1-3-5-10/h10-11,14H,1-9,17H2,(H2,18,24)(H,19,25)(H,20,22)/t11?,14-/m0/s1. The summed E-state index contributed by atoms with van der Waals surface area (Å²) in [4.78, 5) is 48.7. The average Bonchev–Trinajstić information content (AvgIpc) is 2.57. The molecule has 1 aliphatic heterocycles. The molecule has 140 valence electrons. The molecule has 2 rings (SSSR count). The van der Waals surface area contributed by atoms with Gasteiger partial charge in [0.05, 0.1) is 13.1 Å². The smallest absolute Gasteiger partial charge is 0.243 e. The van der Waals surface area contributed by atoms with Crippen LogP contribution in [0.1, 0.15) is 38.5 Å². The Kier molecular flexibility index (Phi) is 6.74. The van der Waals surface area contributed by atoms with E-state index in [1.54, 1.807) is 0 Å². The molecule has 2 fully saturated rings. The Balaban J connectivity index is 1.79. The fraction of sp³-hybridized carbons (Fsp3) is 0.750. The highest BCUT2D eigenvalue weighted by Crippen LogP contribution is 2.26. The summed E-state index contributed by atoms with van der Waals surface area (Å²) in [6.07, 6.45) is 5.44.